The summed E-state index contributed by atoms with van der Waals surface area (Å²) >= 11 is 6.23. The summed E-state index contributed by atoms with van der Waals surface area (Å²) in [4.78, 5) is 31.1. The number of fused-ring (bicyclic) bond motifs is 2. The Hall–Kier alpha value is -3.15. The molecule has 0 fully saturated rings. The molecule has 0 spiro atoms. The standard InChI is InChI=1S/C27H25ClN2O3/c1-3-26(17-29(2)22-14-8-5-11-19(22)26)30-23-15-9-6-12-20(23)27(33,25(30)32)16-24(31)18-10-4-7-13-21(18)28/h4-15,33H,3,16-17H2,1-2H3. The van der Waals surface area contributed by atoms with E-state index in [1.807, 2.05) is 43.4 Å². The SMILES string of the molecule is CCC1(N2C(=O)C(O)(CC(=O)c3ccccc3Cl)c3ccccc32)CN(C)c2ccccc21. The van der Waals surface area contributed by atoms with Gasteiger partial charge in [0.15, 0.2) is 11.4 Å². The lowest BCUT2D eigenvalue weighted by Gasteiger charge is -2.40. The molecule has 5 nitrogen and oxygen atoms in total. The van der Waals surface area contributed by atoms with Gasteiger partial charge in [0.05, 0.1) is 22.7 Å². The van der Waals surface area contributed by atoms with Gasteiger partial charge in [-0.3, -0.25) is 14.5 Å². The minimum Gasteiger partial charge on any atom is -0.375 e. The summed E-state index contributed by atoms with van der Waals surface area (Å²) in [6.07, 6.45) is 0.281. The molecule has 3 aromatic carbocycles. The maximum absolute atomic E-state index is 14.1. The van der Waals surface area contributed by atoms with Gasteiger partial charge in [-0.25, -0.2) is 0 Å². The van der Waals surface area contributed by atoms with Crippen LogP contribution in [0.2, 0.25) is 5.02 Å². The van der Waals surface area contributed by atoms with E-state index in [0.29, 0.717) is 34.8 Å². The smallest absolute Gasteiger partial charge is 0.265 e. The molecule has 2 heterocycles. The quantitative estimate of drug-likeness (QED) is 0.550. The zero-order chi connectivity index (χ0) is 23.4. The van der Waals surface area contributed by atoms with Crippen LogP contribution in [-0.2, 0) is 15.9 Å². The maximum Gasteiger partial charge on any atom is 0.265 e. The summed E-state index contributed by atoms with van der Waals surface area (Å²) in [5, 5.41) is 12.1. The molecule has 0 aliphatic carbocycles. The Labute approximate surface area is 198 Å². The highest BCUT2D eigenvalue weighted by molar-refractivity contribution is 6.34. The number of aliphatic hydroxyl groups is 1. The van der Waals surface area contributed by atoms with E-state index in [9.17, 15) is 14.7 Å². The number of carbonyl (C=O) groups is 2. The van der Waals surface area contributed by atoms with Gasteiger partial charge in [0.1, 0.15) is 0 Å². The number of para-hydroxylation sites is 2. The van der Waals surface area contributed by atoms with Crippen LogP contribution in [0.1, 0.15) is 41.3 Å². The molecular formula is C27H25ClN2O3. The Kier molecular flexibility index (Phi) is 5.07. The maximum atomic E-state index is 14.1. The van der Waals surface area contributed by atoms with Gasteiger partial charge in [-0.1, -0.05) is 67.1 Å². The number of carbonyl (C=O) groups excluding carboxylic acids is 2. The van der Waals surface area contributed by atoms with Gasteiger partial charge in [-0.2, -0.15) is 0 Å². The van der Waals surface area contributed by atoms with Crippen molar-refractivity contribution in [2.24, 2.45) is 0 Å². The minimum atomic E-state index is -1.97. The predicted octanol–water partition coefficient (Wildman–Crippen LogP) is 4.90. The molecule has 168 valence electrons. The molecule has 1 N–H and O–H groups in total. The normalized spacial score (nSPS) is 23.6. The number of hydrogen-bond donors (Lipinski definition) is 1. The van der Waals surface area contributed by atoms with Crippen molar-refractivity contribution in [3.8, 4) is 0 Å². The van der Waals surface area contributed by atoms with Crippen molar-refractivity contribution in [3.05, 3.63) is 94.5 Å². The van der Waals surface area contributed by atoms with E-state index in [4.69, 9.17) is 11.6 Å². The van der Waals surface area contributed by atoms with E-state index in [1.54, 1.807) is 41.3 Å². The molecule has 0 aromatic heterocycles. The molecule has 5 rings (SSSR count). The van der Waals surface area contributed by atoms with Crippen LogP contribution in [0.3, 0.4) is 0 Å². The van der Waals surface area contributed by atoms with Crippen molar-refractivity contribution in [2.75, 3.05) is 23.4 Å². The monoisotopic (exact) mass is 460 g/mol. The number of hydrogen-bond acceptors (Lipinski definition) is 4. The van der Waals surface area contributed by atoms with Crippen LogP contribution >= 0.6 is 11.6 Å². The molecule has 6 heteroatoms. The highest BCUT2D eigenvalue weighted by atomic mass is 35.5. The molecular weight excluding hydrogens is 436 g/mol. The first-order valence-electron chi connectivity index (χ1n) is 11.1. The first-order valence-corrected chi connectivity index (χ1v) is 11.5. The lowest BCUT2D eigenvalue weighted by Crippen LogP contribution is -2.54. The van der Waals surface area contributed by atoms with E-state index in [-0.39, 0.29) is 12.2 Å². The summed E-state index contributed by atoms with van der Waals surface area (Å²) in [6.45, 7) is 2.65. The Morgan fingerprint density at radius 3 is 2.27 bits per heavy atom. The summed E-state index contributed by atoms with van der Waals surface area (Å²) in [5.41, 5.74) is 0.875. The fraction of sp³-hybridized carbons (Fsp3) is 0.259. The van der Waals surface area contributed by atoms with Crippen molar-refractivity contribution in [3.63, 3.8) is 0 Å². The number of amides is 1. The first-order chi connectivity index (χ1) is 15.8. The summed E-state index contributed by atoms with van der Waals surface area (Å²) in [7, 11) is 2.01. The lowest BCUT2D eigenvalue weighted by molar-refractivity contribution is -0.137. The van der Waals surface area contributed by atoms with Gasteiger partial charge >= 0.3 is 0 Å². The predicted molar refractivity (Wildman–Crippen MR) is 130 cm³/mol. The third kappa shape index (κ3) is 3.03. The number of nitrogens with zero attached hydrogens (tertiary/aromatic N) is 2. The number of ketones is 1. The topological polar surface area (TPSA) is 60.9 Å². The summed E-state index contributed by atoms with van der Waals surface area (Å²) in [5.74, 6) is -0.848. The Morgan fingerprint density at radius 1 is 0.970 bits per heavy atom. The second-order valence-corrected chi connectivity index (χ2v) is 9.26. The molecule has 2 aliphatic heterocycles. The van der Waals surface area contributed by atoms with Crippen molar-refractivity contribution in [1.29, 1.82) is 0 Å². The molecule has 0 saturated carbocycles. The fourth-order valence-electron chi connectivity index (χ4n) is 5.45. The average molecular weight is 461 g/mol. The van der Waals surface area contributed by atoms with Crippen LogP contribution in [0.25, 0.3) is 0 Å². The van der Waals surface area contributed by atoms with Crippen LogP contribution < -0.4 is 9.80 Å². The molecule has 33 heavy (non-hydrogen) atoms. The summed E-state index contributed by atoms with van der Waals surface area (Å²) < 4.78 is 0. The molecule has 3 aromatic rings. The van der Waals surface area contributed by atoms with Crippen LogP contribution in [0, 0.1) is 0 Å². The van der Waals surface area contributed by atoms with Crippen molar-refractivity contribution < 1.29 is 14.7 Å². The minimum absolute atomic E-state index is 0.299. The molecule has 2 aliphatic rings. The first kappa shape index (κ1) is 21.7. The van der Waals surface area contributed by atoms with Crippen LogP contribution in [0.15, 0.2) is 72.8 Å². The molecule has 2 atom stereocenters. The van der Waals surface area contributed by atoms with E-state index < -0.39 is 17.0 Å². The molecule has 0 bridgehead atoms. The Bertz CT molecular complexity index is 1280. The van der Waals surface area contributed by atoms with Crippen LogP contribution in [0.4, 0.5) is 11.4 Å². The van der Waals surface area contributed by atoms with Gasteiger partial charge < -0.3 is 10.0 Å². The van der Waals surface area contributed by atoms with E-state index in [1.165, 1.54) is 0 Å². The van der Waals surface area contributed by atoms with Gasteiger partial charge in [0.25, 0.3) is 5.91 Å². The highest BCUT2D eigenvalue weighted by Gasteiger charge is 2.58. The van der Waals surface area contributed by atoms with Gasteiger partial charge in [-0.15, -0.1) is 0 Å². The largest absolute Gasteiger partial charge is 0.375 e. The lowest BCUT2D eigenvalue weighted by atomic mass is 9.86. The number of anilines is 2. The third-order valence-electron chi connectivity index (χ3n) is 7.07. The van der Waals surface area contributed by atoms with Crippen molar-refractivity contribution in [1.82, 2.24) is 0 Å². The van der Waals surface area contributed by atoms with Gasteiger partial charge in [0, 0.05) is 36.0 Å². The molecule has 1 amide bonds. The molecule has 0 saturated heterocycles. The molecule has 0 radical (unpaired) electrons. The van der Waals surface area contributed by atoms with Crippen molar-refractivity contribution in [2.45, 2.75) is 30.9 Å². The zero-order valence-electron chi connectivity index (χ0n) is 18.6. The second-order valence-electron chi connectivity index (χ2n) is 8.86. The number of benzene rings is 3. The molecule has 2 unspecified atom stereocenters. The van der Waals surface area contributed by atoms with Crippen LogP contribution in [0.5, 0.6) is 0 Å². The number of Topliss-reactive ketones (excluding diaryl/α,β-unsaturated/α-hetero) is 1. The van der Waals surface area contributed by atoms with E-state index in [0.717, 1.165) is 11.3 Å². The summed E-state index contributed by atoms with van der Waals surface area (Å²) in [6, 6.07) is 22.0. The third-order valence-corrected chi connectivity index (χ3v) is 7.40. The van der Waals surface area contributed by atoms with Crippen LogP contribution in [-0.4, -0.2) is 30.4 Å². The van der Waals surface area contributed by atoms with E-state index in [2.05, 4.69) is 11.8 Å². The second kappa shape index (κ2) is 7.72. The van der Waals surface area contributed by atoms with Crippen molar-refractivity contribution >= 4 is 34.7 Å². The zero-order valence-corrected chi connectivity index (χ0v) is 19.3. The number of rotatable bonds is 5. The number of likely N-dealkylation sites (N-methyl/N-ethyl adjacent to an activating group) is 1. The van der Waals surface area contributed by atoms with E-state index >= 15 is 0 Å². The average Bonchev–Trinajstić information content (AvgIpc) is 3.23. The van der Waals surface area contributed by atoms with Gasteiger partial charge in [-0.05, 0) is 30.7 Å². The Morgan fingerprint density at radius 2 is 1.58 bits per heavy atom. The van der Waals surface area contributed by atoms with Gasteiger partial charge in [0.2, 0.25) is 0 Å². The highest BCUT2D eigenvalue weighted by Crippen LogP contribution is 2.53. The Balaban J connectivity index is 1.63. The number of halogens is 1. The fourth-order valence-corrected chi connectivity index (χ4v) is 5.69.